The summed E-state index contributed by atoms with van der Waals surface area (Å²) in [5, 5.41) is 5.52. The van der Waals surface area contributed by atoms with E-state index < -0.39 is 11.7 Å². The summed E-state index contributed by atoms with van der Waals surface area (Å²) in [6.07, 6.45) is 0. The van der Waals surface area contributed by atoms with Crippen molar-refractivity contribution >= 4 is 23.2 Å². The number of rotatable bonds is 3. The van der Waals surface area contributed by atoms with Gasteiger partial charge in [0, 0.05) is 4.91 Å². The molecule has 1 aromatic rings. The van der Waals surface area contributed by atoms with E-state index >= 15 is 0 Å². The van der Waals surface area contributed by atoms with E-state index in [1.165, 1.54) is 6.07 Å². The standard InChI is InChI=1S/C8H6ClFN4O/c9-6-3-5(10)1-2-7(6)13-8(15)4-12-14-11/h1-3H,4H2,(H,13,15). The molecular weight excluding hydrogens is 223 g/mol. The van der Waals surface area contributed by atoms with Gasteiger partial charge in [-0.25, -0.2) is 4.39 Å². The first kappa shape index (κ1) is 11.3. The molecule has 0 atom stereocenters. The van der Waals surface area contributed by atoms with E-state index in [-0.39, 0.29) is 17.3 Å². The van der Waals surface area contributed by atoms with Gasteiger partial charge < -0.3 is 5.32 Å². The molecule has 78 valence electrons. The maximum atomic E-state index is 12.6. The molecule has 0 saturated heterocycles. The first-order chi connectivity index (χ1) is 7.13. The number of carbonyl (C=O) groups is 1. The van der Waals surface area contributed by atoms with E-state index in [2.05, 4.69) is 15.3 Å². The zero-order valence-corrected chi connectivity index (χ0v) is 8.20. The normalized spacial score (nSPS) is 9.20. The van der Waals surface area contributed by atoms with Gasteiger partial charge >= 0.3 is 0 Å². The molecule has 1 N–H and O–H groups in total. The molecule has 0 radical (unpaired) electrons. The number of hydrogen-bond acceptors (Lipinski definition) is 2. The number of nitrogens with one attached hydrogen (secondary N) is 1. The SMILES string of the molecule is [N-]=[N+]=NCC(=O)Nc1ccc(F)cc1Cl. The van der Waals surface area contributed by atoms with E-state index in [0.29, 0.717) is 0 Å². The van der Waals surface area contributed by atoms with Crippen LogP contribution in [0.5, 0.6) is 0 Å². The summed E-state index contributed by atoms with van der Waals surface area (Å²) in [7, 11) is 0. The summed E-state index contributed by atoms with van der Waals surface area (Å²) in [5.74, 6) is -1.01. The van der Waals surface area contributed by atoms with Crippen molar-refractivity contribution in [1.82, 2.24) is 0 Å². The highest BCUT2D eigenvalue weighted by Crippen LogP contribution is 2.22. The number of carbonyl (C=O) groups excluding carboxylic acids is 1. The van der Waals surface area contributed by atoms with Gasteiger partial charge in [-0.3, -0.25) is 4.79 Å². The van der Waals surface area contributed by atoms with Crippen LogP contribution in [0.2, 0.25) is 5.02 Å². The number of anilines is 1. The van der Waals surface area contributed by atoms with Gasteiger partial charge in [0.15, 0.2) is 0 Å². The van der Waals surface area contributed by atoms with Crippen LogP contribution >= 0.6 is 11.6 Å². The molecule has 0 aromatic heterocycles. The van der Waals surface area contributed by atoms with Crippen LogP contribution in [0.25, 0.3) is 10.4 Å². The van der Waals surface area contributed by atoms with Crippen LogP contribution in [0.3, 0.4) is 0 Å². The third-order valence-electron chi connectivity index (χ3n) is 1.48. The molecule has 7 heteroatoms. The van der Waals surface area contributed by atoms with Crippen LogP contribution in [0.4, 0.5) is 10.1 Å². The zero-order valence-electron chi connectivity index (χ0n) is 7.44. The molecule has 0 aliphatic carbocycles. The van der Waals surface area contributed by atoms with Crippen molar-refractivity contribution in [1.29, 1.82) is 0 Å². The van der Waals surface area contributed by atoms with Crippen LogP contribution in [0.15, 0.2) is 23.3 Å². The monoisotopic (exact) mass is 228 g/mol. The molecule has 0 heterocycles. The van der Waals surface area contributed by atoms with Crippen molar-refractivity contribution < 1.29 is 9.18 Å². The summed E-state index contributed by atoms with van der Waals surface area (Å²) < 4.78 is 12.6. The van der Waals surface area contributed by atoms with Gasteiger partial charge in [0.1, 0.15) is 12.4 Å². The Kier molecular flexibility index (Phi) is 3.91. The maximum absolute atomic E-state index is 12.6. The Morgan fingerprint density at radius 3 is 3.00 bits per heavy atom. The van der Waals surface area contributed by atoms with Crippen molar-refractivity contribution in [2.45, 2.75) is 0 Å². The molecule has 0 bridgehead atoms. The van der Waals surface area contributed by atoms with E-state index in [4.69, 9.17) is 17.1 Å². The molecule has 0 fully saturated rings. The average Bonchev–Trinajstić information content (AvgIpc) is 2.19. The minimum Gasteiger partial charge on any atom is -0.325 e. The van der Waals surface area contributed by atoms with Crippen LogP contribution < -0.4 is 5.32 Å². The smallest absolute Gasteiger partial charge is 0.230 e. The first-order valence-corrected chi connectivity index (χ1v) is 4.27. The van der Waals surface area contributed by atoms with Crippen LogP contribution in [0.1, 0.15) is 0 Å². The van der Waals surface area contributed by atoms with Gasteiger partial charge in [0.25, 0.3) is 0 Å². The summed E-state index contributed by atoms with van der Waals surface area (Å²) in [4.78, 5) is 13.5. The number of nitrogens with zero attached hydrogens (tertiary/aromatic N) is 3. The average molecular weight is 229 g/mol. The molecule has 1 amide bonds. The number of azide groups is 1. The quantitative estimate of drug-likeness (QED) is 0.482. The number of halogens is 2. The maximum Gasteiger partial charge on any atom is 0.230 e. The highest BCUT2D eigenvalue weighted by Gasteiger charge is 2.05. The van der Waals surface area contributed by atoms with Gasteiger partial charge in [-0.2, -0.15) is 0 Å². The van der Waals surface area contributed by atoms with Crippen LogP contribution in [-0.2, 0) is 4.79 Å². The fourth-order valence-corrected chi connectivity index (χ4v) is 1.09. The van der Waals surface area contributed by atoms with Crippen molar-refractivity contribution in [2.24, 2.45) is 5.11 Å². The Morgan fingerprint density at radius 2 is 2.40 bits per heavy atom. The first-order valence-electron chi connectivity index (χ1n) is 3.89. The van der Waals surface area contributed by atoms with Crippen molar-refractivity contribution in [3.63, 3.8) is 0 Å². The zero-order chi connectivity index (χ0) is 11.3. The highest BCUT2D eigenvalue weighted by molar-refractivity contribution is 6.33. The summed E-state index contributed by atoms with van der Waals surface area (Å²) in [5.41, 5.74) is 8.25. The number of hydrogen-bond donors (Lipinski definition) is 1. The largest absolute Gasteiger partial charge is 0.325 e. The number of amides is 1. The fourth-order valence-electron chi connectivity index (χ4n) is 0.876. The van der Waals surface area contributed by atoms with E-state index in [9.17, 15) is 9.18 Å². The van der Waals surface area contributed by atoms with E-state index in [1.807, 2.05) is 0 Å². The second-order valence-electron chi connectivity index (χ2n) is 2.56. The second-order valence-corrected chi connectivity index (χ2v) is 2.97. The highest BCUT2D eigenvalue weighted by atomic mass is 35.5. The van der Waals surface area contributed by atoms with Crippen molar-refractivity contribution in [2.75, 3.05) is 11.9 Å². The van der Waals surface area contributed by atoms with Gasteiger partial charge in [0.05, 0.1) is 10.7 Å². The molecule has 1 aromatic carbocycles. The lowest BCUT2D eigenvalue weighted by Crippen LogP contribution is -2.14. The predicted molar refractivity (Wildman–Crippen MR) is 54.1 cm³/mol. The Labute approximate surface area is 89.5 Å². The predicted octanol–water partition coefficient (Wildman–Crippen LogP) is 2.73. The van der Waals surface area contributed by atoms with Gasteiger partial charge in [-0.1, -0.05) is 16.7 Å². The Bertz CT molecular complexity index is 431. The molecule has 0 aliphatic rings. The van der Waals surface area contributed by atoms with E-state index in [0.717, 1.165) is 12.1 Å². The summed E-state index contributed by atoms with van der Waals surface area (Å²) in [6, 6.07) is 3.56. The van der Waals surface area contributed by atoms with Crippen LogP contribution in [-0.4, -0.2) is 12.5 Å². The summed E-state index contributed by atoms with van der Waals surface area (Å²) >= 11 is 5.65. The molecule has 1 rings (SSSR count). The minimum atomic E-state index is -0.513. The lowest BCUT2D eigenvalue weighted by Gasteiger charge is -2.04. The molecule has 0 saturated carbocycles. The molecular formula is C8H6ClFN4O. The van der Waals surface area contributed by atoms with Crippen molar-refractivity contribution in [3.8, 4) is 0 Å². The number of benzene rings is 1. The topological polar surface area (TPSA) is 77.9 Å². The molecule has 0 unspecified atom stereocenters. The molecule has 0 aliphatic heterocycles. The van der Waals surface area contributed by atoms with Gasteiger partial charge in [-0.05, 0) is 23.7 Å². The molecule has 5 nitrogen and oxygen atoms in total. The van der Waals surface area contributed by atoms with Crippen molar-refractivity contribution in [3.05, 3.63) is 39.5 Å². The summed E-state index contributed by atoms with van der Waals surface area (Å²) in [6.45, 7) is -0.329. The fraction of sp³-hybridized carbons (Fsp3) is 0.125. The van der Waals surface area contributed by atoms with Gasteiger partial charge in [-0.15, -0.1) is 0 Å². The molecule has 0 spiro atoms. The second kappa shape index (κ2) is 5.19. The van der Waals surface area contributed by atoms with Crippen LogP contribution in [0, 0.1) is 5.82 Å². The Balaban J connectivity index is 2.72. The van der Waals surface area contributed by atoms with E-state index in [1.54, 1.807) is 0 Å². The Morgan fingerprint density at radius 1 is 1.67 bits per heavy atom. The Hall–Kier alpha value is -1.78. The minimum absolute atomic E-state index is 0.0873. The lowest BCUT2D eigenvalue weighted by molar-refractivity contribution is -0.114. The lowest BCUT2D eigenvalue weighted by atomic mass is 10.3. The van der Waals surface area contributed by atoms with Gasteiger partial charge in [0.2, 0.25) is 5.91 Å². The third kappa shape index (κ3) is 3.46. The molecule has 15 heavy (non-hydrogen) atoms. The third-order valence-corrected chi connectivity index (χ3v) is 1.80.